The molecule has 208 valence electrons. The molecule has 2 amide bonds. The first-order valence-corrected chi connectivity index (χ1v) is 13.9. The molecule has 0 spiro atoms. The van der Waals surface area contributed by atoms with Crippen LogP contribution in [0.5, 0.6) is 5.75 Å². The average molecular weight is 539 g/mol. The fourth-order valence-electron chi connectivity index (χ4n) is 4.89. The van der Waals surface area contributed by atoms with Crippen LogP contribution in [0.4, 0.5) is 5.69 Å². The zero-order chi connectivity index (χ0) is 26.6. The van der Waals surface area contributed by atoms with Crippen molar-refractivity contribution in [1.82, 2.24) is 15.1 Å². The standard InChI is InChI=1S/C27H43ClN4O5/c1-3-4-13-36-14-15-37-19-26(33)32-11-5-20(6-12-32)18-31-9-7-21(8-10-31)30-27(34)22-16-23(28)24(29)17-25(22)35-2/h16-17,20-21H,3-15,18-19,29H2,1-2H3,(H,30,34). The Bertz CT molecular complexity index is 871. The Morgan fingerprint density at radius 2 is 1.76 bits per heavy atom. The fraction of sp³-hybridized carbons (Fsp3) is 0.704. The van der Waals surface area contributed by atoms with E-state index in [1.807, 2.05) is 4.90 Å². The minimum absolute atomic E-state index is 0.0718. The molecule has 1 aromatic carbocycles. The van der Waals surface area contributed by atoms with Crippen molar-refractivity contribution in [3.63, 3.8) is 0 Å². The number of hydrogen-bond donors (Lipinski definition) is 2. The molecule has 0 saturated carbocycles. The maximum atomic E-state index is 12.8. The maximum Gasteiger partial charge on any atom is 0.255 e. The van der Waals surface area contributed by atoms with Crippen molar-refractivity contribution in [3.8, 4) is 5.75 Å². The van der Waals surface area contributed by atoms with E-state index in [1.54, 1.807) is 12.1 Å². The van der Waals surface area contributed by atoms with Crippen LogP contribution < -0.4 is 15.8 Å². The monoisotopic (exact) mass is 538 g/mol. The Labute approximate surface area is 225 Å². The van der Waals surface area contributed by atoms with Crippen LogP contribution >= 0.6 is 11.6 Å². The lowest BCUT2D eigenvalue weighted by atomic mass is 9.94. The molecule has 0 unspecified atom stereocenters. The second-order valence-electron chi connectivity index (χ2n) is 9.97. The highest BCUT2D eigenvalue weighted by atomic mass is 35.5. The van der Waals surface area contributed by atoms with Crippen LogP contribution in [0.15, 0.2) is 12.1 Å². The van der Waals surface area contributed by atoms with Crippen molar-refractivity contribution in [2.75, 3.05) is 72.0 Å². The van der Waals surface area contributed by atoms with Crippen LogP contribution in [0.3, 0.4) is 0 Å². The number of nitrogens with zero attached hydrogens (tertiary/aromatic N) is 2. The molecule has 37 heavy (non-hydrogen) atoms. The smallest absolute Gasteiger partial charge is 0.255 e. The molecule has 3 rings (SSSR count). The summed E-state index contributed by atoms with van der Waals surface area (Å²) < 4.78 is 16.3. The van der Waals surface area contributed by atoms with E-state index in [4.69, 9.17) is 31.5 Å². The highest BCUT2D eigenvalue weighted by Gasteiger charge is 2.27. The number of carbonyl (C=O) groups is 2. The van der Waals surface area contributed by atoms with Gasteiger partial charge in [0.2, 0.25) is 5.91 Å². The highest BCUT2D eigenvalue weighted by molar-refractivity contribution is 6.33. The summed E-state index contributed by atoms with van der Waals surface area (Å²) in [6.07, 6.45) is 5.99. The molecule has 0 radical (unpaired) electrons. The Hall–Kier alpha value is -2.07. The number of anilines is 1. The van der Waals surface area contributed by atoms with Crippen LogP contribution in [0.2, 0.25) is 5.02 Å². The third-order valence-electron chi connectivity index (χ3n) is 7.21. The summed E-state index contributed by atoms with van der Waals surface area (Å²) in [5.74, 6) is 0.888. The number of amides is 2. The predicted octanol–water partition coefficient (Wildman–Crippen LogP) is 3.20. The molecule has 0 aliphatic carbocycles. The number of ether oxygens (including phenoxy) is 3. The second-order valence-corrected chi connectivity index (χ2v) is 10.4. The quantitative estimate of drug-likeness (QED) is 0.293. The third-order valence-corrected chi connectivity index (χ3v) is 7.54. The lowest BCUT2D eigenvalue weighted by Gasteiger charge is -2.37. The molecule has 0 atom stereocenters. The number of nitrogen functional groups attached to an aromatic ring is 1. The molecule has 3 N–H and O–H groups in total. The molecule has 2 fully saturated rings. The summed E-state index contributed by atoms with van der Waals surface area (Å²) in [7, 11) is 1.51. The van der Waals surface area contributed by atoms with E-state index in [-0.39, 0.29) is 24.5 Å². The number of carbonyl (C=O) groups excluding carboxylic acids is 2. The summed E-state index contributed by atoms with van der Waals surface area (Å²) in [5, 5.41) is 3.46. The van der Waals surface area contributed by atoms with E-state index in [0.29, 0.717) is 41.2 Å². The van der Waals surface area contributed by atoms with Crippen molar-refractivity contribution in [2.45, 2.75) is 51.5 Å². The van der Waals surface area contributed by atoms with E-state index < -0.39 is 0 Å². The zero-order valence-corrected chi connectivity index (χ0v) is 23.1. The Kier molecular flexibility index (Phi) is 12.2. The predicted molar refractivity (Wildman–Crippen MR) is 145 cm³/mol. The van der Waals surface area contributed by atoms with Crippen LogP contribution in [-0.2, 0) is 14.3 Å². The largest absolute Gasteiger partial charge is 0.496 e. The molecule has 2 saturated heterocycles. The lowest BCUT2D eigenvalue weighted by Crippen LogP contribution is -2.47. The van der Waals surface area contributed by atoms with Crippen LogP contribution in [0.25, 0.3) is 0 Å². The zero-order valence-electron chi connectivity index (χ0n) is 22.3. The summed E-state index contributed by atoms with van der Waals surface area (Å²) in [6, 6.07) is 3.25. The van der Waals surface area contributed by atoms with E-state index in [2.05, 4.69) is 17.1 Å². The van der Waals surface area contributed by atoms with Gasteiger partial charge in [0.05, 0.1) is 36.6 Å². The summed E-state index contributed by atoms with van der Waals surface area (Å²) in [6.45, 7) is 8.52. The number of likely N-dealkylation sites (tertiary alicyclic amines) is 2. The van der Waals surface area contributed by atoms with Crippen molar-refractivity contribution < 1.29 is 23.8 Å². The van der Waals surface area contributed by atoms with Gasteiger partial charge in [-0.05, 0) is 44.1 Å². The van der Waals surface area contributed by atoms with E-state index in [1.165, 1.54) is 7.11 Å². The number of nitrogens with one attached hydrogen (secondary N) is 1. The average Bonchev–Trinajstić information content (AvgIpc) is 2.90. The Morgan fingerprint density at radius 3 is 2.43 bits per heavy atom. The van der Waals surface area contributed by atoms with Crippen molar-refractivity contribution >= 4 is 29.1 Å². The van der Waals surface area contributed by atoms with Gasteiger partial charge in [-0.15, -0.1) is 0 Å². The summed E-state index contributed by atoms with van der Waals surface area (Å²) >= 11 is 6.12. The molecule has 10 heteroatoms. The van der Waals surface area contributed by atoms with Gasteiger partial charge in [-0.3, -0.25) is 9.59 Å². The van der Waals surface area contributed by atoms with E-state index >= 15 is 0 Å². The number of halogens is 1. The number of nitrogens with two attached hydrogens (primary N) is 1. The van der Waals surface area contributed by atoms with Crippen LogP contribution in [0, 0.1) is 5.92 Å². The van der Waals surface area contributed by atoms with Gasteiger partial charge < -0.3 is 35.1 Å². The van der Waals surface area contributed by atoms with Gasteiger partial charge in [-0.2, -0.15) is 0 Å². The lowest BCUT2D eigenvalue weighted by molar-refractivity contribution is -0.138. The summed E-state index contributed by atoms with van der Waals surface area (Å²) in [5.41, 5.74) is 6.61. The molecule has 2 aliphatic heterocycles. The molecular weight excluding hydrogens is 496 g/mol. The first-order chi connectivity index (χ1) is 17.9. The molecule has 0 aromatic heterocycles. The maximum absolute atomic E-state index is 12.8. The fourth-order valence-corrected chi connectivity index (χ4v) is 5.05. The van der Waals surface area contributed by atoms with Gasteiger partial charge in [0.1, 0.15) is 12.4 Å². The normalized spacial score (nSPS) is 17.6. The third kappa shape index (κ3) is 9.32. The number of unbranched alkanes of at least 4 members (excludes halogenated alkanes) is 1. The van der Waals surface area contributed by atoms with E-state index in [9.17, 15) is 9.59 Å². The molecule has 2 aliphatic rings. The SMILES string of the molecule is CCCCOCCOCC(=O)N1CCC(CN2CCC(NC(=O)c3cc(Cl)c(N)cc3OC)CC2)CC1. The number of hydrogen-bond acceptors (Lipinski definition) is 7. The van der Waals surface area contributed by atoms with Crippen LogP contribution in [-0.4, -0.2) is 93.9 Å². The van der Waals surface area contributed by atoms with Crippen LogP contribution in [0.1, 0.15) is 55.8 Å². The van der Waals surface area contributed by atoms with Gasteiger partial charge in [-0.25, -0.2) is 0 Å². The van der Waals surface area contributed by atoms with Crippen molar-refractivity contribution in [2.24, 2.45) is 5.92 Å². The van der Waals surface area contributed by atoms with E-state index in [0.717, 1.165) is 77.9 Å². The van der Waals surface area contributed by atoms with Gasteiger partial charge in [0, 0.05) is 51.4 Å². The minimum atomic E-state index is -0.192. The first-order valence-electron chi connectivity index (χ1n) is 13.5. The Morgan fingerprint density at radius 1 is 1.05 bits per heavy atom. The number of benzene rings is 1. The van der Waals surface area contributed by atoms with Gasteiger partial charge in [-0.1, -0.05) is 24.9 Å². The summed E-state index contributed by atoms with van der Waals surface area (Å²) in [4.78, 5) is 29.7. The number of rotatable bonds is 13. The highest BCUT2D eigenvalue weighted by Crippen LogP contribution is 2.29. The number of piperidine rings is 2. The Balaban J connectivity index is 1.31. The van der Waals surface area contributed by atoms with Gasteiger partial charge in [0.25, 0.3) is 5.91 Å². The first kappa shape index (κ1) is 29.5. The molecule has 0 bridgehead atoms. The molecule has 2 heterocycles. The van der Waals surface area contributed by atoms with Crippen molar-refractivity contribution in [3.05, 3.63) is 22.7 Å². The molecule has 1 aromatic rings. The van der Waals surface area contributed by atoms with Gasteiger partial charge >= 0.3 is 0 Å². The molecule has 9 nitrogen and oxygen atoms in total. The minimum Gasteiger partial charge on any atom is -0.496 e. The van der Waals surface area contributed by atoms with Crippen molar-refractivity contribution in [1.29, 1.82) is 0 Å². The topological polar surface area (TPSA) is 106 Å². The van der Waals surface area contributed by atoms with Gasteiger partial charge in [0.15, 0.2) is 0 Å². The number of methoxy groups -OCH3 is 1. The second kappa shape index (κ2) is 15.4. The molecular formula is C27H43ClN4O5.